The van der Waals surface area contributed by atoms with Gasteiger partial charge < -0.3 is 14.6 Å². The number of hydrogen-bond donors (Lipinski definition) is 1. The van der Waals surface area contributed by atoms with Gasteiger partial charge in [0.05, 0.1) is 18.3 Å². The lowest BCUT2D eigenvalue weighted by molar-refractivity contribution is -0.0915. The number of rotatable bonds is 5. The van der Waals surface area contributed by atoms with E-state index in [0.717, 1.165) is 29.7 Å². The molecule has 0 fully saturated rings. The molecule has 1 N–H and O–H groups in total. The van der Waals surface area contributed by atoms with Crippen LogP contribution in [0.1, 0.15) is 31.4 Å². The number of methoxy groups -OCH3 is 1. The molecule has 0 amide bonds. The quantitative estimate of drug-likeness (QED) is 0.903. The minimum Gasteiger partial charge on any atom is -0.493 e. The zero-order chi connectivity index (χ0) is 14.0. The van der Waals surface area contributed by atoms with Gasteiger partial charge in [-0.05, 0) is 36.6 Å². The molecule has 0 radical (unpaired) electrons. The summed E-state index contributed by atoms with van der Waals surface area (Å²) in [5.74, 6) is 0.887. The van der Waals surface area contributed by atoms with E-state index in [1.807, 2.05) is 26.0 Å². The highest BCUT2D eigenvalue weighted by Crippen LogP contribution is 2.35. The van der Waals surface area contributed by atoms with Gasteiger partial charge in [-0.15, -0.1) is 0 Å². The molecular weight excluding hydrogens is 264 g/mol. The second kappa shape index (κ2) is 5.70. The highest BCUT2D eigenvalue weighted by molar-refractivity contribution is 6.30. The summed E-state index contributed by atoms with van der Waals surface area (Å²) in [5.41, 5.74) is 1.54. The molecule has 1 aliphatic heterocycles. The van der Waals surface area contributed by atoms with Crippen LogP contribution in [0, 0.1) is 0 Å². The van der Waals surface area contributed by atoms with Gasteiger partial charge in [-0.1, -0.05) is 18.5 Å². The molecule has 2 atom stereocenters. The number of benzene rings is 1. The molecule has 1 aromatic rings. The summed E-state index contributed by atoms with van der Waals surface area (Å²) in [4.78, 5) is 0. The van der Waals surface area contributed by atoms with E-state index in [0.29, 0.717) is 18.1 Å². The Morgan fingerprint density at radius 1 is 1.53 bits per heavy atom. The molecule has 1 aromatic carbocycles. The number of aliphatic hydroxyl groups excluding tert-OH is 1. The van der Waals surface area contributed by atoms with Crippen molar-refractivity contribution in [2.45, 2.75) is 44.8 Å². The molecule has 0 saturated carbocycles. The lowest BCUT2D eigenvalue weighted by Crippen LogP contribution is -2.42. The first-order valence-corrected chi connectivity index (χ1v) is 7.05. The van der Waals surface area contributed by atoms with Crippen molar-refractivity contribution in [2.24, 2.45) is 0 Å². The summed E-state index contributed by atoms with van der Waals surface area (Å²) >= 11 is 6.13. The van der Waals surface area contributed by atoms with E-state index >= 15 is 0 Å². The van der Waals surface area contributed by atoms with E-state index in [1.165, 1.54) is 0 Å². The highest BCUT2D eigenvalue weighted by Gasteiger charge is 2.32. The Kier molecular flexibility index (Phi) is 4.39. The van der Waals surface area contributed by atoms with Crippen molar-refractivity contribution in [3.8, 4) is 5.75 Å². The Bertz CT molecular complexity index is 455. The zero-order valence-corrected chi connectivity index (χ0v) is 12.5. The van der Waals surface area contributed by atoms with Crippen molar-refractivity contribution < 1.29 is 14.6 Å². The highest BCUT2D eigenvalue weighted by atomic mass is 35.5. The third kappa shape index (κ3) is 2.88. The molecule has 1 heterocycles. The van der Waals surface area contributed by atoms with Gasteiger partial charge in [0.25, 0.3) is 0 Å². The Labute approximate surface area is 119 Å². The average molecular weight is 285 g/mol. The minimum absolute atomic E-state index is 0.487. The van der Waals surface area contributed by atoms with Crippen LogP contribution in [0.2, 0.25) is 5.02 Å². The summed E-state index contributed by atoms with van der Waals surface area (Å²) < 4.78 is 11.1. The SMILES string of the molecule is CCC(C)(OC)C(O)Cc1cc(Cl)cc2c1OCC2. The normalized spacial score (nSPS) is 18.6. The maximum absolute atomic E-state index is 10.4. The van der Waals surface area contributed by atoms with Crippen LogP contribution in [0.5, 0.6) is 5.75 Å². The first kappa shape index (κ1) is 14.6. The van der Waals surface area contributed by atoms with Crippen molar-refractivity contribution in [1.29, 1.82) is 0 Å². The second-order valence-electron chi connectivity index (χ2n) is 5.24. The van der Waals surface area contributed by atoms with Crippen LogP contribution in [0.3, 0.4) is 0 Å². The first-order chi connectivity index (χ1) is 9.00. The Hall–Kier alpha value is -0.770. The summed E-state index contributed by atoms with van der Waals surface area (Å²) in [5, 5.41) is 11.1. The van der Waals surface area contributed by atoms with Gasteiger partial charge in [0.1, 0.15) is 5.75 Å². The monoisotopic (exact) mass is 284 g/mol. The second-order valence-corrected chi connectivity index (χ2v) is 5.68. The molecule has 2 unspecified atom stereocenters. The van der Waals surface area contributed by atoms with E-state index < -0.39 is 11.7 Å². The van der Waals surface area contributed by atoms with Crippen LogP contribution >= 0.6 is 11.6 Å². The van der Waals surface area contributed by atoms with Crippen LogP contribution in [-0.4, -0.2) is 30.5 Å². The summed E-state index contributed by atoms with van der Waals surface area (Å²) in [6, 6.07) is 3.82. The van der Waals surface area contributed by atoms with Gasteiger partial charge in [-0.3, -0.25) is 0 Å². The standard InChI is InChI=1S/C15H21ClO3/c1-4-15(2,18-3)13(17)9-11-8-12(16)7-10-5-6-19-14(10)11/h7-8,13,17H,4-6,9H2,1-3H3. The van der Waals surface area contributed by atoms with E-state index in [1.54, 1.807) is 7.11 Å². The van der Waals surface area contributed by atoms with E-state index in [4.69, 9.17) is 21.1 Å². The van der Waals surface area contributed by atoms with Gasteiger partial charge >= 0.3 is 0 Å². The number of halogens is 1. The van der Waals surface area contributed by atoms with Crippen LogP contribution in [0.25, 0.3) is 0 Å². The van der Waals surface area contributed by atoms with Crippen molar-refractivity contribution >= 4 is 11.6 Å². The van der Waals surface area contributed by atoms with Crippen molar-refractivity contribution in [2.75, 3.05) is 13.7 Å². The molecule has 0 spiro atoms. The maximum Gasteiger partial charge on any atom is 0.126 e. The Morgan fingerprint density at radius 2 is 2.26 bits per heavy atom. The van der Waals surface area contributed by atoms with E-state index in [9.17, 15) is 5.11 Å². The fraction of sp³-hybridized carbons (Fsp3) is 0.600. The lowest BCUT2D eigenvalue weighted by atomic mass is 9.90. The summed E-state index contributed by atoms with van der Waals surface area (Å²) in [6.45, 7) is 4.61. The van der Waals surface area contributed by atoms with Gasteiger partial charge in [0.2, 0.25) is 0 Å². The average Bonchev–Trinajstić information content (AvgIpc) is 2.85. The molecular formula is C15H21ClO3. The molecule has 0 bridgehead atoms. The predicted molar refractivity (Wildman–Crippen MR) is 76.1 cm³/mol. The van der Waals surface area contributed by atoms with Crippen molar-refractivity contribution in [3.63, 3.8) is 0 Å². The fourth-order valence-corrected chi connectivity index (χ4v) is 2.70. The third-order valence-electron chi connectivity index (χ3n) is 4.11. The first-order valence-electron chi connectivity index (χ1n) is 6.67. The van der Waals surface area contributed by atoms with Crippen LogP contribution in [0.15, 0.2) is 12.1 Å². The number of hydrogen-bond acceptors (Lipinski definition) is 3. The number of ether oxygens (including phenoxy) is 2. The summed E-state index contributed by atoms with van der Waals surface area (Å²) in [6.07, 6.45) is 1.53. The molecule has 4 heteroatoms. The molecule has 1 aliphatic rings. The van der Waals surface area contributed by atoms with Gasteiger partial charge in [0, 0.05) is 25.0 Å². The molecule has 106 valence electrons. The molecule has 0 aliphatic carbocycles. The van der Waals surface area contributed by atoms with Gasteiger partial charge in [-0.25, -0.2) is 0 Å². The minimum atomic E-state index is -0.589. The van der Waals surface area contributed by atoms with Gasteiger partial charge in [0.15, 0.2) is 0 Å². The fourth-order valence-electron chi connectivity index (χ4n) is 2.44. The topological polar surface area (TPSA) is 38.7 Å². The number of fused-ring (bicyclic) bond motifs is 1. The third-order valence-corrected chi connectivity index (χ3v) is 4.33. The molecule has 0 aromatic heterocycles. The maximum atomic E-state index is 10.4. The van der Waals surface area contributed by atoms with Crippen LogP contribution < -0.4 is 4.74 Å². The van der Waals surface area contributed by atoms with E-state index in [-0.39, 0.29) is 0 Å². The molecule has 3 nitrogen and oxygen atoms in total. The number of aliphatic hydroxyl groups is 1. The largest absolute Gasteiger partial charge is 0.493 e. The van der Waals surface area contributed by atoms with Crippen molar-refractivity contribution in [1.82, 2.24) is 0 Å². The predicted octanol–water partition coefficient (Wildman–Crippen LogP) is 2.99. The summed E-state index contributed by atoms with van der Waals surface area (Å²) in [7, 11) is 1.63. The molecule has 19 heavy (non-hydrogen) atoms. The van der Waals surface area contributed by atoms with Crippen molar-refractivity contribution in [3.05, 3.63) is 28.3 Å². The molecule has 2 rings (SSSR count). The Morgan fingerprint density at radius 3 is 2.89 bits per heavy atom. The van der Waals surface area contributed by atoms with E-state index in [2.05, 4.69) is 0 Å². The molecule has 0 saturated heterocycles. The lowest BCUT2D eigenvalue weighted by Gasteiger charge is -2.32. The zero-order valence-electron chi connectivity index (χ0n) is 11.7. The van der Waals surface area contributed by atoms with Crippen LogP contribution in [-0.2, 0) is 17.6 Å². The smallest absolute Gasteiger partial charge is 0.126 e. The Balaban J connectivity index is 2.24. The van der Waals surface area contributed by atoms with Crippen LogP contribution in [0.4, 0.5) is 0 Å². The van der Waals surface area contributed by atoms with Gasteiger partial charge in [-0.2, -0.15) is 0 Å².